The second-order valence-electron chi connectivity index (χ2n) is 7.89. The maximum Gasteiger partial charge on any atom is 0.0445 e. The van der Waals surface area contributed by atoms with Crippen LogP contribution in [0.5, 0.6) is 0 Å². The summed E-state index contributed by atoms with van der Waals surface area (Å²) in [4.78, 5) is 9.26. The molecular formula is C24H22S4. The Bertz CT molecular complexity index is 1020. The first-order valence-electron chi connectivity index (χ1n) is 10.2. The highest BCUT2D eigenvalue weighted by molar-refractivity contribution is 7.22. The van der Waals surface area contributed by atoms with Gasteiger partial charge in [0.15, 0.2) is 0 Å². The van der Waals surface area contributed by atoms with E-state index in [0.717, 1.165) is 0 Å². The average Bonchev–Trinajstić information content (AvgIpc) is 3.53. The van der Waals surface area contributed by atoms with Gasteiger partial charge in [0.2, 0.25) is 0 Å². The lowest BCUT2D eigenvalue weighted by Gasteiger charge is -2.21. The minimum atomic E-state index is 0.625. The summed E-state index contributed by atoms with van der Waals surface area (Å²) < 4.78 is 0. The van der Waals surface area contributed by atoms with Gasteiger partial charge in [-0.25, -0.2) is 0 Å². The monoisotopic (exact) mass is 438 g/mol. The van der Waals surface area contributed by atoms with Crippen LogP contribution in [-0.4, -0.2) is 0 Å². The highest BCUT2D eigenvalue weighted by atomic mass is 32.1. The topological polar surface area (TPSA) is 0 Å². The van der Waals surface area contributed by atoms with E-state index in [-0.39, 0.29) is 0 Å². The molecule has 6 rings (SSSR count). The third-order valence-electron chi connectivity index (χ3n) is 6.29. The van der Waals surface area contributed by atoms with Gasteiger partial charge in [0.05, 0.1) is 0 Å². The molecule has 142 valence electrons. The molecule has 4 aromatic rings. The van der Waals surface area contributed by atoms with Crippen LogP contribution in [0.4, 0.5) is 0 Å². The van der Waals surface area contributed by atoms with Gasteiger partial charge in [0.25, 0.3) is 0 Å². The van der Waals surface area contributed by atoms with Gasteiger partial charge in [-0.15, -0.1) is 45.3 Å². The molecular weight excluding hydrogens is 417 g/mol. The van der Waals surface area contributed by atoms with E-state index in [2.05, 4.69) is 47.2 Å². The van der Waals surface area contributed by atoms with Crippen molar-refractivity contribution >= 4 is 45.3 Å². The molecule has 0 fully saturated rings. The maximum atomic E-state index is 2.40. The molecule has 4 aromatic heterocycles. The van der Waals surface area contributed by atoms with E-state index in [4.69, 9.17) is 0 Å². The van der Waals surface area contributed by atoms with Gasteiger partial charge in [0, 0.05) is 41.1 Å². The molecule has 4 heteroatoms. The number of rotatable bonds is 3. The Morgan fingerprint density at radius 2 is 1.11 bits per heavy atom. The molecule has 0 spiro atoms. The predicted molar refractivity (Wildman–Crippen MR) is 126 cm³/mol. The zero-order chi connectivity index (χ0) is 18.5. The summed E-state index contributed by atoms with van der Waals surface area (Å²) >= 11 is 7.95. The summed E-state index contributed by atoms with van der Waals surface area (Å²) in [5, 5.41) is 4.57. The quantitative estimate of drug-likeness (QED) is 0.300. The molecule has 0 radical (unpaired) electrons. The fourth-order valence-corrected chi connectivity index (χ4v) is 9.30. The van der Waals surface area contributed by atoms with Gasteiger partial charge >= 0.3 is 0 Å². The fourth-order valence-electron chi connectivity index (χ4n) is 4.91. The standard InChI is InChI=1S/C24H22S4/c1-3-15(17-11-13-25-19(17)5-1)21-7-9-23(27-21)24-10-8-22(28-24)16-4-2-6-20-18(16)12-14-26-20/h7-16H,1-6H2. The zero-order valence-corrected chi connectivity index (χ0v) is 18.9. The Labute approximate surface area is 182 Å². The second kappa shape index (κ2) is 7.24. The van der Waals surface area contributed by atoms with Crippen LogP contribution < -0.4 is 0 Å². The van der Waals surface area contributed by atoms with Crippen LogP contribution in [0.15, 0.2) is 47.2 Å². The lowest BCUT2D eigenvalue weighted by atomic mass is 9.87. The van der Waals surface area contributed by atoms with Crippen molar-refractivity contribution in [2.24, 2.45) is 0 Å². The van der Waals surface area contributed by atoms with Gasteiger partial charge in [-0.2, -0.15) is 0 Å². The minimum absolute atomic E-state index is 0.625. The van der Waals surface area contributed by atoms with Crippen molar-refractivity contribution < 1.29 is 0 Å². The van der Waals surface area contributed by atoms with Gasteiger partial charge < -0.3 is 0 Å². The SMILES string of the molecule is c1cc2c(s1)CCCC2c1ccc(-c2ccc(C3CCCc4sccc43)s2)s1. The zero-order valence-electron chi connectivity index (χ0n) is 15.6. The van der Waals surface area contributed by atoms with Crippen LogP contribution in [0.3, 0.4) is 0 Å². The summed E-state index contributed by atoms with van der Waals surface area (Å²) in [6, 6.07) is 14.3. The first-order valence-corrected chi connectivity index (χ1v) is 13.6. The third kappa shape index (κ3) is 2.97. The van der Waals surface area contributed by atoms with E-state index >= 15 is 0 Å². The average molecular weight is 439 g/mol. The molecule has 0 nitrogen and oxygen atoms in total. The number of aryl methyl sites for hydroxylation is 2. The van der Waals surface area contributed by atoms with Crippen molar-refractivity contribution in [3.63, 3.8) is 0 Å². The van der Waals surface area contributed by atoms with Crippen molar-refractivity contribution in [2.75, 3.05) is 0 Å². The van der Waals surface area contributed by atoms with E-state index in [1.807, 2.05) is 45.3 Å². The molecule has 2 aliphatic rings. The predicted octanol–water partition coefficient (Wildman–Crippen LogP) is 8.54. The van der Waals surface area contributed by atoms with Crippen molar-refractivity contribution in [3.8, 4) is 9.75 Å². The fraction of sp³-hybridized carbons (Fsp3) is 0.333. The van der Waals surface area contributed by atoms with Crippen LogP contribution in [0.1, 0.15) is 68.2 Å². The normalized spacial score (nSPS) is 21.4. The van der Waals surface area contributed by atoms with Crippen LogP contribution in [0.25, 0.3) is 9.75 Å². The molecule has 0 aliphatic heterocycles. The second-order valence-corrected chi connectivity index (χ2v) is 12.1. The first-order chi connectivity index (χ1) is 13.9. The molecule has 2 aliphatic carbocycles. The highest BCUT2D eigenvalue weighted by Crippen LogP contribution is 2.46. The van der Waals surface area contributed by atoms with Gasteiger partial charge in [-0.05, 0) is 96.8 Å². The maximum absolute atomic E-state index is 2.40. The van der Waals surface area contributed by atoms with Crippen LogP contribution in [-0.2, 0) is 12.8 Å². The van der Waals surface area contributed by atoms with Crippen LogP contribution in [0.2, 0.25) is 0 Å². The van der Waals surface area contributed by atoms with Crippen LogP contribution >= 0.6 is 45.3 Å². The highest BCUT2D eigenvalue weighted by Gasteiger charge is 2.26. The number of hydrogen-bond acceptors (Lipinski definition) is 4. The summed E-state index contributed by atoms with van der Waals surface area (Å²) in [6.45, 7) is 0. The molecule has 4 heterocycles. The van der Waals surface area contributed by atoms with Crippen molar-refractivity contribution in [2.45, 2.75) is 50.4 Å². The van der Waals surface area contributed by atoms with E-state index < -0.39 is 0 Å². The largest absolute Gasteiger partial charge is 0.149 e. The minimum Gasteiger partial charge on any atom is -0.149 e. The molecule has 0 saturated carbocycles. The summed E-state index contributed by atoms with van der Waals surface area (Å²) in [7, 11) is 0. The Hall–Kier alpha value is -1.20. The molecule has 0 amide bonds. The Morgan fingerprint density at radius 1 is 0.607 bits per heavy atom. The lowest BCUT2D eigenvalue weighted by Crippen LogP contribution is -2.06. The Balaban J connectivity index is 1.29. The number of hydrogen-bond donors (Lipinski definition) is 0. The third-order valence-corrected chi connectivity index (χ3v) is 10.9. The molecule has 28 heavy (non-hydrogen) atoms. The Kier molecular flexibility index (Phi) is 4.56. The number of fused-ring (bicyclic) bond motifs is 2. The van der Waals surface area contributed by atoms with Crippen molar-refractivity contribution in [1.82, 2.24) is 0 Å². The molecule has 2 unspecified atom stereocenters. The van der Waals surface area contributed by atoms with E-state index in [1.165, 1.54) is 48.3 Å². The van der Waals surface area contributed by atoms with E-state index in [1.54, 1.807) is 30.6 Å². The molecule has 0 aromatic carbocycles. The lowest BCUT2D eigenvalue weighted by molar-refractivity contribution is 0.632. The van der Waals surface area contributed by atoms with Gasteiger partial charge in [-0.1, -0.05) is 0 Å². The first kappa shape index (κ1) is 17.6. The van der Waals surface area contributed by atoms with Crippen molar-refractivity contribution in [1.29, 1.82) is 0 Å². The molecule has 0 saturated heterocycles. The summed E-state index contributed by atoms with van der Waals surface area (Å²) in [5.41, 5.74) is 3.20. The molecule has 2 atom stereocenters. The smallest absolute Gasteiger partial charge is 0.0445 e. The number of thiophene rings is 4. The van der Waals surface area contributed by atoms with E-state index in [9.17, 15) is 0 Å². The molecule has 0 bridgehead atoms. The van der Waals surface area contributed by atoms with E-state index in [0.29, 0.717) is 11.8 Å². The molecule has 0 N–H and O–H groups in total. The summed E-state index contributed by atoms with van der Waals surface area (Å²) in [6.07, 6.45) is 7.84. The van der Waals surface area contributed by atoms with Gasteiger partial charge in [-0.3, -0.25) is 0 Å². The summed E-state index contributed by atoms with van der Waals surface area (Å²) in [5.74, 6) is 1.25. The van der Waals surface area contributed by atoms with Crippen LogP contribution in [0, 0.1) is 0 Å². The Morgan fingerprint density at radius 3 is 1.61 bits per heavy atom. The van der Waals surface area contributed by atoms with Gasteiger partial charge in [0.1, 0.15) is 0 Å². The van der Waals surface area contributed by atoms with Crippen molar-refractivity contribution in [3.05, 3.63) is 77.8 Å².